The second-order valence-electron chi connectivity index (χ2n) is 4.55. The molecule has 1 heterocycles. The minimum atomic E-state index is -0.837. The molecule has 0 aromatic carbocycles. The Morgan fingerprint density at radius 2 is 2.00 bits per heavy atom. The average molecular weight is 229 g/mol. The monoisotopic (exact) mass is 229 g/mol. The van der Waals surface area contributed by atoms with Gasteiger partial charge in [-0.3, -0.25) is 4.79 Å². The van der Waals surface area contributed by atoms with E-state index in [2.05, 4.69) is 11.8 Å². The first-order chi connectivity index (χ1) is 7.59. The summed E-state index contributed by atoms with van der Waals surface area (Å²) in [5.74, 6) is -0.283. The number of likely N-dealkylation sites (tertiary alicyclic amines) is 1. The molecule has 0 radical (unpaired) electrons. The van der Waals surface area contributed by atoms with Crippen molar-refractivity contribution in [3.8, 4) is 0 Å². The van der Waals surface area contributed by atoms with Gasteiger partial charge in [-0.15, -0.1) is 0 Å². The lowest BCUT2D eigenvalue weighted by molar-refractivity contribution is -0.150. The second-order valence-corrected chi connectivity index (χ2v) is 4.55. The van der Waals surface area contributed by atoms with E-state index in [9.17, 15) is 9.90 Å². The lowest BCUT2D eigenvalue weighted by atomic mass is 9.88. The molecule has 1 fully saturated rings. The third-order valence-electron chi connectivity index (χ3n) is 3.11. The third kappa shape index (κ3) is 4.10. The average Bonchev–Trinajstić information content (AvgIpc) is 2.22. The highest BCUT2D eigenvalue weighted by Crippen LogP contribution is 2.26. The number of ether oxygens (including phenoxy) is 1. The van der Waals surface area contributed by atoms with Crippen LogP contribution in [0.5, 0.6) is 0 Å². The van der Waals surface area contributed by atoms with Gasteiger partial charge in [-0.1, -0.05) is 6.92 Å². The van der Waals surface area contributed by atoms with Crippen molar-refractivity contribution in [1.82, 2.24) is 4.90 Å². The normalized spacial score (nSPS) is 20.7. The molecule has 0 bridgehead atoms. The van der Waals surface area contributed by atoms with Gasteiger partial charge in [0, 0.05) is 13.1 Å². The maximum Gasteiger partial charge on any atom is 0.308 e. The Labute approximate surface area is 97.6 Å². The molecule has 1 rings (SSSR count). The maximum absolute atomic E-state index is 11.3. The van der Waals surface area contributed by atoms with Gasteiger partial charge in [0.05, 0.1) is 18.6 Å². The molecule has 1 saturated heterocycles. The Hall–Kier alpha value is -0.610. The summed E-state index contributed by atoms with van der Waals surface area (Å²) in [4.78, 5) is 13.7. The number of hydrogen-bond donors (Lipinski definition) is 1. The summed E-state index contributed by atoms with van der Waals surface area (Å²) in [6.45, 7) is 7.16. The van der Waals surface area contributed by atoms with Crippen LogP contribution in [0.3, 0.4) is 0 Å². The molecule has 0 aromatic rings. The molecule has 0 atom stereocenters. The number of aliphatic hydroxyl groups is 1. The van der Waals surface area contributed by atoms with E-state index >= 15 is 0 Å². The van der Waals surface area contributed by atoms with Crippen molar-refractivity contribution < 1.29 is 14.6 Å². The van der Waals surface area contributed by atoms with Gasteiger partial charge in [-0.05, 0) is 32.7 Å². The lowest BCUT2D eigenvalue weighted by Crippen LogP contribution is -2.45. The third-order valence-corrected chi connectivity index (χ3v) is 3.11. The van der Waals surface area contributed by atoms with Crippen LogP contribution in [0.4, 0.5) is 0 Å². The maximum atomic E-state index is 11.3. The Bertz CT molecular complexity index is 222. The van der Waals surface area contributed by atoms with E-state index in [1.807, 2.05) is 0 Å². The minimum absolute atomic E-state index is 0.140. The molecule has 16 heavy (non-hydrogen) atoms. The summed E-state index contributed by atoms with van der Waals surface area (Å²) < 4.78 is 4.87. The van der Waals surface area contributed by atoms with E-state index in [4.69, 9.17) is 4.74 Å². The van der Waals surface area contributed by atoms with Gasteiger partial charge >= 0.3 is 5.97 Å². The van der Waals surface area contributed by atoms with Crippen molar-refractivity contribution in [2.45, 2.75) is 45.1 Å². The quantitative estimate of drug-likeness (QED) is 0.719. The van der Waals surface area contributed by atoms with Crippen molar-refractivity contribution in [3.63, 3.8) is 0 Å². The number of carbonyl (C=O) groups excluding carboxylic acids is 1. The van der Waals surface area contributed by atoms with Gasteiger partial charge in [0.15, 0.2) is 0 Å². The highest BCUT2D eigenvalue weighted by molar-refractivity contribution is 5.70. The molecule has 0 spiro atoms. The Morgan fingerprint density at radius 3 is 2.50 bits per heavy atom. The fraction of sp³-hybridized carbons (Fsp3) is 0.917. The zero-order chi connectivity index (χ0) is 12.0. The molecule has 4 nitrogen and oxygen atoms in total. The van der Waals surface area contributed by atoms with Gasteiger partial charge < -0.3 is 14.7 Å². The summed E-state index contributed by atoms with van der Waals surface area (Å²) in [7, 11) is 0. The molecule has 1 aliphatic heterocycles. The Morgan fingerprint density at radius 1 is 1.38 bits per heavy atom. The molecular weight excluding hydrogens is 206 g/mol. The van der Waals surface area contributed by atoms with E-state index in [0.29, 0.717) is 19.4 Å². The fourth-order valence-corrected chi connectivity index (χ4v) is 2.17. The molecular formula is C12H23NO3. The van der Waals surface area contributed by atoms with Crippen LogP contribution in [0, 0.1) is 0 Å². The fourth-order valence-electron chi connectivity index (χ4n) is 2.17. The molecule has 0 amide bonds. The van der Waals surface area contributed by atoms with Crippen LogP contribution < -0.4 is 0 Å². The first-order valence-electron chi connectivity index (χ1n) is 6.20. The zero-order valence-corrected chi connectivity index (χ0v) is 10.4. The van der Waals surface area contributed by atoms with Crippen LogP contribution >= 0.6 is 0 Å². The van der Waals surface area contributed by atoms with Gasteiger partial charge in [0.1, 0.15) is 0 Å². The van der Waals surface area contributed by atoms with Crippen LogP contribution in [0.1, 0.15) is 39.5 Å². The van der Waals surface area contributed by atoms with Crippen molar-refractivity contribution in [1.29, 1.82) is 0 Å². The summed E-state index contributed by atoms with van der Waals surface area (Å²) in [5.41, 5.74) is -0.837. The van der Waals surface area contributed by atoms with Crippen molar-refractivity contribution >= 4 is 5.97 Å². The SMILES string of the molecule is CCCN1CCC(O)(CC(=O)OCC)CC1. The topological polar surface area (TPSA) is 49.8 Å². The molecule has 1 N–H and O–H groups in total. The number of nitrogens with zero attached hydrogens (tertiary/aromatic N) is 1. The van der Waals surface area contributed by atoms with Crippen LogP contribution in [-0.2, 0) is 9.53 Å². The summed E-state index contributed by atoms with van der Waals surface area (Å²) >= 11 is 0. The van der Waals surface area contributed by atoms with Crippen molar-refractivity contribution in [2.75, 3.05) is 26.2 Å². The molecule has 0 saturated carbocycles. The lowest BCUT2D eigenvalue weighted by Gasteiger charge is -2.37. The van der Waals surface area contributed by atoms with E-state index in [1.54, 1.807) is 6.92 Å². The van der Waals surface area contributed by atoms with E-state index in [0.717, 1.165) is 26.1 Å². The molecule has 1 aliphatic rings. The number of rotatable bonds is 5. The predicted octanol–water partition coefficient (Wildman–Crippen LogP) is 1.18. The summed E-state index contributed by atoms with van der Waals surface area (Å²) in [6, 6.07) is 0. The van der Waals surface area contributed by atoms with Gasteiger partial charge in [0.2, 0.25) is 0 Å². The number of piperidine rings is 1. The van der Waals surface area contributed by atoms with Crippen LogP contribution in [0.15, 0.2) is 0 Å². The standard InChI is InChI=1S/C12H23NO3/c1-3-7-13-8-5-12(15,6-9-13)10-11(14)16-4-2/h15H,3-10H2,1-2H3. The van der Waals surface area contributed by atoms with Crippen LogP contribution in [-0.4, -0.2) is 47.8 Å². The van der Waals surface area contributed by atoms with Gasteiger partial charge in [-0.2, -0.15) is 0 Å². The Kier molecular flexibility index (Phi) is 5.22. The largest absolute Gasteiger partial charge is 0.466 e. The predicted molar refractivity (Wildman–Crippen MR) is 62.2 cm³/mol. The zero-order valence-electron chi connectivity index (χ0n) is 10.4. The first-order valence-corrected chi connectivity index (χ1v) is 6.20. The summed E-state index contributed by atoms with van der Waals surface area (Å²) in [5, 5.41) is 10.2. The van der Waals surface area contributed by atoms with Crippen LogP contribution in [0.25, 0.3) is 0 Å². The highest BCUT2D eigenvalue weighted by Gasteiger charge is 2.34. The van der Waals surface area contributed by atoms with Crippen LogP contribution in [0.2, 0.25) is 0 Å². The molecule has 0 unspecified atom stereocenters. The van der Waals surface area contributed by atoms with Crippen molar-refractivity contribution in [3.05, 3.63) is 0 Å². The smallest absolute Gasteiger partial charge is 0.308 e. The van der Waals surface area contributed by atoms with E-state index in [1.165, 1.54) is 0 Å². The first kappa shape index (κ1) is 13.5. The number of carbonyl (C=O) groups is 1. The number of hydrogen-bond acceptors (Lipinski definition) is 4. The Balaban J connectivity index is 2.34. The molecule has 0 aromatic heterocycles. The summed E-state index contributed by atoms with van der Waals surface area (Å²) in [6.07, 6.45) is 2.62. The molecule has 0 aliphatic carbocycles. The van der Waals surface area contributed by atoms with Gasteiger partial charge in [-0.25, -0.2) is 0 Å². The second kappa shape index (κ2) is 6.21. The van der Waals surface area contributed by atoms with E-state index < -0.39 is 5.60 Å². The number of esters is 1. The highest BCUT2D eigenvalue weighted by atomic mass is 16.5. The van der Waals surface area contributed by atoms with E-state index in [-0.39, 0.29) is 12.4 Å². The molecule has 4 heteroatoms. The van der Waals surface area contributed by atoms with Crippen molar-refractivity contribution in [2.24, 2.45) is 0 Å². The minimum Gasteiger partial charge on any atom is -0.466 e. The van der Waals surface area contributed by atoms with Gasteiger partial charge in [0.25, 0.3) is 0 Å². The molecule has 94 valence electrons.